The molecule has 0 saturated carbocycles. The summed E-state index contributed by atoms with van der Waals surface area (Å²) >= 11 is 0. The average molecular weight is 294 g/mol. The van der Waals surface area contributed by atoms with Gasteiger partial charge in [0.15, 0.2) is 0 Å². The first-order valence-electron chi connectivity index (χ1n) is 6.30. The van der Waals surface area contributed by atoms with E-state index in [9.17, 15) is 8.42 Å². The molecule has 1 heterocycles. The van der Waals surface area contributed by atoms with Gasteiger partial charge in [0.05, 0.1) is 10.9 Å². The fraction of sp³-hybridized carbons (Fsp3) is 0.286. The van der Waals surface area contributed by atoms with Gasteiger partial charge in [-0.3, -0.25) is 0 Å². The third kappa shape index (κ3) is 3.27. The van der Waals surface area contributed by atoms with Crippen LogP contribution >= 0.6 is 0 Å². The van der Waals surface area contributed by atoms with Gasteiger partial charge < -0.3 is 10.2 Å². The van der Waals surface area contributed by atoms with Crippen LogP contribution in [0.15, 0.2) is 45.7 Å². The number of furan rings is 1. The van der Waals surface area contributed by atoms with Crippen molar-refractivity contribution in [1.82, 2.24) is 4.72 Å². The van der Waals surface area contributed by atoms with Crippen LogP contribution in [0.5, 0.6) is 0 Å². The minimum Gasteiger partial charge on any atom is -0.465 e. The van der Waals surface area contributed by atoms with E-state index in [1.54, 1.807) is 43.3 Å². The molecule has 0 spiro atoms. The van der Waals surface area contributed by atoms with Crippen LogP contribution in [0.4, 0.5) is 0 Å². The molecule has 0 bridgehead atoms. The number of nitrogens with one attached hydrogen (secondary N) is 1. The summed E-state index contributed by atoms with van der Waals surface area (Å²) < 4.78 is 32.5. The molecule has 2 rings (SSSR count). The van der Waals surface area contributed by atoms with E-state index in [4.69, 9.17) is 10.2 Å². The lowest BCUT2D eigenvalue weighted by molar-refractivity contribution is 0.441. The lowest BCUT2D eigenvalue weighted by Gasteiger charge is -2.12. The molecular formula is C14H18N2O3S. The predicted octanol–water partition coefficient (Wildman–Crippen LogP) is 2.09. The van der Waals surface area contributed by atoms with Gasteiger partial charge in [-0.2, -0.15) is 0 Å². The lowest BCUT2D eigenvalue weighted by atomic mass is 10.2. The zero-order valence-electron chi connectivity index (χ0n) is 11.5. The van der Waals surface area contributed by atoms with Crippen LogP contribution < -0.4 is 10.5 Å². The first kappa shape index (κ1) is 14.8. The summed E-state index contributed by atoms with van der Waals surface area (Å²) in [5.74, 6) is 1.34. The molecule has 0 saturated heterocycles. The Bertz CT molecular complexity index is 675. The lowest BCUT2D eigenvalue weighted by Crippen LogP contribution is -2.26. The van der Waals surface area contributed by atoms with E-state index < -0.39 is 16.1 Å². The molecule has 108 valence electrons. The summed E-state index contributed by atoms with van der Waals surface area (Å²) in [5, 5.41) is 0. The highest BCUT2D eigenvalue weighted by atomic mass is 32.2. The maximum Gasteiger partial charge on any atom is 0.241 e. The minimum absolute atomic E-state index is 0.213. The molecule has 0 amide bonds. The molecule has 1 atom stereocenters. The second kappa shape index (κ2) is 5.78. The molecule has 2 aromatic rings. The standard InChI is InChI=1S/C14H18N2O3S/c1-10-3-8-14(19-10)11(2)16-20(17,18)13-6-4-12(9-15)5-7-13/h3-8,11,16H,9,15H2,1-2H3. The largest absolute Gasteiger partial charge is 0.465 e. The summed E-state index contributed by atoms with van der Waals surface area (Å²) in [6, 6.07) is 9.64. The molecule has 20 heavy (non-hydrogen) atoms. The Kier molecular flexibility index (Phi) is 4.27. The molecule has 0 aliphatic heterocycles. The van der Waals surface area contributed by atoms with E-state index in [-0.39, 0.29) is 4.90 Å². The maximum absolute atomic E-state index is 12.2. The Labute approximate surface area is 118 Å². The van der Waals surface area contributed by atoms with Gasteiger partial charge >= 0.3 is 0 Å². The van der Waals surface area contributed by atoms with Crippen LogP contribution in [0.25, 0.3) is 0 Å². The molecule has 6 heteroatoms. The van der Waals surface area contributed by atoms with Gasteiger partial charge in [0.25, 0.3) is 0 Å². The minimum atomic E-state index is -3.57. The van der Waals surface area contributed by atoms with Crippen molar-refractivity contribution >= 4 is 10.0 Å². The SMILES string of the molecule is Cc1ccc(C(C)NS(=O)(=O)c2ccc(CN)cc2)o1. The molecule has 5 nitrogen and oxygen atoms in total. The summed E-state index contributed by atoms with van der Waals surface area (Å²) in [5.41, 5.74) is 6.38. The molecule has 3 N–H and O–H groups in total. The number of aryl methyl sites for hydroxylation is 1. The van der Waals surface area contributed by atoms with Crippen molar-refractivity contribution in [2.45, 2.75) is 31.3 Å². The van der Waals surface area contributed by atoms with Crippen molar-refractivity contribution in [3.8, 4) is 0 Å². The molecule has 0 aliphatic rings. The van der Waals surface area contributed by atoms with Crippen LogP contribution in [0.2, 0.25) is 0 Å². The van der Waals surface area contributed by atoms with Crippen molar-refractivity contribution in [3.63, 3.8) is 0 Å². The Morgan fingerprint density at radius 1 is 1.20 bits per heavy atom. The smallest absolute Gasteiger partial charge is 0.241 e. The maximum atomic E-state index is 12.2. The van der Waals surface area contributed by atoms with E-state index in [1.165, 1.54) is 0 Å². The number of sulfonamides is 1. The summed E-state index contributed by atoms with van der Waals surface area (Å²) in [7, 11) is -3.57. The highest BCUT2D eigenvalue weighted by molar-refractivity contribution is 7.89. The Balaban J connectivity index is 2.17. The average Bonchev–Trinajstić information content (AvgIpc) is 2.85. The molecular weight excluding hydrogens is 276 g/mol. The zero-order chi connectivity index (χ0) is 14.8. The summed E-state index contributed by atoms with van der Waals surface area (Å²) in [4.78, 5) is 0.213. The highest BCUT2D eigenvalue weighted by Crippen LogP contribution is 2.19. The van der Waals surface area contributed by atoms with Crippen molar-refractivity contribution in [3.05, 3.63) is 53.5 Å². The van der Waals surface area contributed by atoms with E-state index in [0.29, 0.717) is 12.3 Å². The molecule has 0 radical (unpaired) electrons. The topological polar surface area (TPSA) is 85.3 Å². The van der Waals surface area contributed by atoms with Gasteiger partial charge in [0.2, 0.25) is 10.0 Å². The van der Waals surface area contributed by atoms with Crippen molar-refractivity contribution in [2.75, 3.05) is 0 Å². The third-order valence-corrected chi connectivity index (χ3v) is 4.55. The number of hydrogen-bond acceptors (Lipinski definition) is 4. The van der Waals surface area contributed by atoms with E-state index >= 15 is 0 Å². The van der Waals surface area contributed by atoms with Gasteiger partial charge in [-0.15, -0.1) is 0 Å². The fourth-order valence-corrected chi connectivity index (χ4v) is 3.06. The Morgan fingerprint density at radius 3 is 2.35 bits per heavy atom. The molecule has 0 aliphatic carbocycles. The second-order valence-electron chi connectivity index (χ2n) is 4.64. The van der Waals surface area contributed by atoms with Gasteiger partial charge in [-0.1, -0.05) is 12.1 Å². The van der Waals surface area contributed by atoms with E-state index in [1.807, 2.05) is 6.92 Å². The molecule has 1 aromatic carbocycles. The number of rotatable bonds is 5. The van der Waals surface area contributed by atoms with E-state index in [2.05, 4.69) is 4.72 Å². The monoisotopic (exact) mass is 294 g/mol. The van der Waals surface area contributed by atoms with Gasteiger partial charge in [0.1, 0.15) is 11.5 Å². The first-order valence-corrected chi connectivity index (χ1v) is 7.78. The van der Waals surface area contributed by atoms with Gasteiger partial charge in [-0.05, 0) is 43.7 Å². The van der Waals surface area contributed by atoms with Crippen molar-refractivity contribution in [2.24, 2.45) is 5.73 Å². The van der Waals surface area contributed by atoms with Crippen molar-refractivity contribution < 1.29 is 12.8 Å². The second-order valence-corrected chi connectivity index (χ2v) is 6.35. The van der Waals surface area contributed by atoms with Crippen LogP contribution in [0, 0.1) is 6.92 Å². The van der Waals surface area contributed by atoms with Crippen LogP contribution in [-0.4, -0.2) is 8.42 Å². The normalized spacial score (nSPS) is 13.3. The molecule has 1 unspecified atom stereocenters. The molecule has 0 fully saturated rings. The van der Waals surface area contributed by atoms with Crippen molar-refractivity contribution in [1.29, 1.82) is 0 Å². The summed E-state index contributed by atoms with van der Waals surface area (Å²) in [6.07, 6.45) is 0. The quantitative estimate of drug-likeness (QED) is 0.884. The van der Waals surface area contributed by atoms with Crippen LogP contribution in [-0.2, 0) is 16.6 Å². The first-order chi connectivity index (χ1) is 9.42. The number of benzene rings is 1. The number of hydrogen-bond donors (Lipinski definition) is 2. The van der Waals surface area contributed by atoms with Crippen LogP contribution in [0.3, 0.4) is 0 Å². The van der Waals surface area contributed by atoms with Gasteiger partial charge in [-0.25, -0.2) is 13.1 Å². The number of nitrogens with two attached hydrogens (primary N) is 1. The fourth-order valence-electron chi connectivity index (χ4n) is 1.85. The van der Waals surface area contributed by atoms with Gasteiger partial charge in [0, 0.05) is 6.54 Å². The Hall–Kier alpha value is -1.63. The zero-order valence-corrected chi connectivity index (χ0v) is 12.3. The summed E-state index contributed by atoms with van der Waals surface area (Å²) in [6.45, 7) is 3.94. The molecule has 1 aromatic heterocycles. The van der Waals surface area contributed by atoms with Crippen LogP contribution in [0.1, 0.15) is 30.0 Å². The highest BCUT2D eigenvalue weighted by Gasteiger charge is 2.20. The Morgan fingerprint density at radius 2 is 1.85 bits per heavy atom. The predicted molar refractivity (Wildman–Crippen MR) is 76.5 cm³/mol. The van der Waals surface area contributed by atoms with E-state index in [0.717, 1.165) is 11.3 Å². The third-order valence-electron chi connectivity index (χ3n) is 2.99.